The third kappa shape index (κ3) is 5.20. The number of piperidine rings is 1. The van der Waals surface area contributed by atoms with Gasteiger partial charge in [-0.15, -0.1) is 0 Å². The molecule has 0 aliphatic carbocycles. The standard InChI is InChI=1S/C33H29BrN2O3/c34-28-15-13-27(14-16-28)33(39)17-19-35(20-18-33)21-23-5-9-25(10-6-23)26-11-7-24(8-12-26)22-36-31(37)29-3-1-2-4-30(29)32(36)38/h1-16,39H,17-22H2. The zero-order valence-electron chi connectivity index (χ0n) is 21.5. The van der Waals surface area contributed by atoms with Crippen molar-refractivity contribution in [2.24, 2.45) is 0 Å². The van der Waals surface area contributed by atoms with Crippen LogP contribution in [0.4, 0.5) is 0 Å². The van der Waals surface area contributed by atoms with Crippen LogP contribution in [0.15, 0.2) is 102 Å². The number of nitrogens with zero attached hydrogens (tertiary/aromatic N) is 2. The molecule has 6 rings (SSSR count). The van der Waals surface area contributed by atoms with E-state index in [0.717, 1.165) is 59.2 Å². The van der Waals surface area contributed by atoms with Gasteiger partial charge in [0, 0.05) is 24.1 Å². The molecule has 4 aromatic rings. The van der Waals surface area contributed by atoms with Crippen molar-refractivity contribution in [3.8, 4) is 11.1 Å². The van der Waals surface area contributed by atoms with Gasteiger partial charge in [-0.25, -0.2) is 0 Å². The second-order valence-corrected chi connectivity index (χ2v) is 11.4. The summed E-state index contributed by atoms with van der Waals surface area (Å²) >= 11 is 3.47. The van der Waals surface area contributed by atoms with Gasteiger partial charge in [-0.2, -0.15) is 0 Å². The number of carbonyl (C=O) groups excluding carboxylic acids is 2. The molecule has 0 bridgehead atoms. The van der Waals surface area contributed by atoms with E-state index in [1.165, 1.54) is 10.5 Å². The number of hydrogen-bond donors (Lipinski definition) is 1. The van der Waals surface area contributed by atoms with Crippen LogP contribution in [0.1, 0.15) is 50.2 Å². The van der Waals surface area contributed by atoms with Crippen molar-refractivity contribution in [1.82, 2.24) is 9.80 Å². The molecule has 2 heterocycles. The largest absolute Gasteiger partial charge is 0.385 e. The van der Waals surface area contributed by atoms with Crippen molar-refractivity contribution in [3.63, 3.8) is 0 Å². The minimum absolute atomic E-state index is 0.234. The van der Waals surface area contributed by atoms with Gasteiger partial charge < -0.3 is 5.11 Å². The fourth-order valence-corrected chi connectivity index (χ4v) is 5.82. The summed E-state index contributed by atoms with van der Waals surface area (Å²) in [7, 11) is 0. The van der Waals surface area contributed by atoms with Gasteiger partial charge in [-0.05, 0) is 64.9 Å². The lowest BCUT2D eigenvalue weighted by molar-refractivity contribution is -0.0277. The molecule has 0 spiro atoms. The van der Waals surface area contributed by atoms with E-state index in [9.17, 15) is 14.7 Å². The number of amides is 2. The van der Waals surface area contributed by atoms with Crippen LogP contribution in [0.2, 0.25) is 0 Å². The van der Waals surface area contributed by atoms with Crippen LogP contribution in [0.3, 0.4) is 0 Å². The lowest BCUT2D eigenvalue weighted by Crippen LogP contribution is -2.42. The Labute approximate surface area is 236 Å². The molecule has 6 heteroatoms. The lowest BCUT2D eigenvalue weighted by atomic mass is 9.84. The summed E-state index contributed by atoms with van der Waals surface area (Å²) in [5.41, 5.74) is 5.55. The van der Waals surface area contributed by atoms with Gasteiger partial charge in [-0.3, -0.25) is 19.4 Å². The number of fused-ring (bicyclic) bond motifs is 1. The van der Waals surface area contributed by atoms with E-state index in [1.54, 1.807) is 24.3 Å². The summed E-state index contributed by atoms with van der Waals surface area (Å²) in [6, 6.07) is 31.6. The molecule has 0 unspecified atom stereocenters. The SMILES string of the molecule is O=C1c2ccccc2C(=O)N1Cc1ccc(-c2ccc(CN3CCC(O)(c4ccc(Br)cc4)CC3)cc2)cc1. The molecule has 0 aromatic heterocycles. The van der Waals surface area contributed by atoms with Gasteiger partial charge in [0.05, 0.1) is 23.3 Å². The molecule has 196 valence electrons. The first-order chi connectivity index (χ1) is 18.9. The van der Waals surface area contributed by atoms with Crippen molar-refractivity contribution >= 4 is 27.7 Å². The van der Waals surface area contributed by atoms with E-state index in [0.29, 0.717) is 11.1 Å². The molecule has 2 amide bonds. The van der Waals surface area contributed by atoms with Crippen molar-refractivity contribution in [2.75, 3.05) is 13.1 Å². The van der Waals surface area contributed by atoms with Gasteiger partial charge in [0.1, 0.15) is 0 Å². The number of carbonyl (C=O) groups is 2. The number of imide groups is 1. The first-order valence-electron chi connectivity index (χ1n) is 13.2. The third-order valence-electron chi connectivity index (χ3n) is 7.93. The monoisotopic (exact) mass is 580 g/mol. The van der Waals surface area contributed by atoms with Gasteiger partial charge >= 0.3 is 0 Å². The highest BCUT2D eigenvalue weighted by Crippen LogP contribution is 2.34. The molecule has 4 aromatic carbocycles. The van der Waals surface area contributed by atoms with Crippen molar-refractivity contribution in [3.05, 3.63) is 129 Å². The summed E-state index contributed by atoms with van der Waals surface area (Å²) in [5.74, 6) is -0.469. The van der Waals surface area contributed by atoms with Crippen LogP contribution in [0.25, 0.3) is 11.1 Å². The quantitative estimate of drug-likeness (QED) is 0.268. The lowest BCUT2D eigenvalue weighted by Gasteiger charge is -2.38. The number of aliphatic hydroxyl groups is 1. The minimum atomic E-state index is -0.757. The fourth-order valence-electron chi connectivity index (χ4n) is 5.56. The highest BCUT2D eigenvalue weighted by molar-refractivity contribution is 9.10. The Morgan fingerprint density at radius 3 is 1.67 bits per heavy atom. The molecule has 0 radical (unpaired) electrons. The zero-order chi connectivity index (χ0) is 27.0. The molecule has 2 aliphatic heterocycles. The van der Waals surface area contributed by atoms with Crippen LogP contribution in [-0.4, -0.2) is 39.8 Å². The summed E-state index contributed by atoms with van der Waals surface area (Å²) < 4.78 is 1.02. The van der Waals surface area contributed by atoms with Crippen LogP contribution < -0.4 is 0 Å². The van der Waals surface area contributed by atoms with E-state index < -0.39 is 5.60 Å². The van der Waals surface area contributed by atoms with Crippen LogP contribution >= 0.6 is 15.9 Å². The molecule has 39 heavy (non-hydrogen) atoms. The van der Waals surface area contributed by atoms with E-state index in [1.807, 2.05) is 48.5 Å². The Bertz CT molecular complexity index is 1470. The van der Waals surface area contributed by atoms with E-state index in [-0.39, 0.29) is 18.4 Å². The maximum Gasteiger partial charge on any atom is 0.261 e. The number of likely N-dealkylation sites (tertiary alicyclic amines) is 1. The van der Waals surface area contributed by atoms with Crippen molar-refractivity contribution in [2.45, 2.75) is 31.5 Å². The Morgan fingerprint density at radius 1 is 0.667 bits per heavy atom. The molecule has 1 saturated heterocycles. The average Bonchev–Trinajstić information content (AvgIpc) is 3.20. The van der Waals surface area contributed by atoms with E-state index in [4.69, 9.17) is 0 Å². The highest BCUT2D eigenvalue weighted by Gasteiger charge is 2.35. The highest BCUT2D eigenvalue weighted by atomic mass is 79.9. The predicted octanol–water partition coefficient (Wildman–Crippen LogP) is 6.40. The van der Waals surface area contributed by atoms with Crippen molar-refractivity contribution in [1.29, 1.82) is 0 Å². The summed E-state index contributed by atoms with van der Waals surface area (Å²) in [5, 5.41) is 11.2. The third-order valence-corrected chi connectivity index (χ3v) is 8.46. The molecule has 1 fully saturated rings. The molecule has 5 nitrogen and oxygen atoms in total. The van der Waals surface area contributed by atoms with E-state index in [2.05, 4.69) is 45.1 Å². The molecular weight excluding hydrogens is 552 g/mol. The maximum absolute atomic E-state index is 12.7. The second-order valence-electron chi connectivity index (χ2n) is 10.5. The maximum atomic E-state index is 12.7. The van der Waals surface area contributed by atoms with Crippen molar-refractivity contribution < 1.29 is 14.7 Å². The molecule has 0 saturated carbocycles. The second kappa shape index (κ2) is 10.5. The predicted molar refractivity (Wildman–Crippen MR) is 155 cm³/mol. The molecular formula is C33H29BrN2O3. The number of hydrogen-bond acceptors (Lipinski definition) is 4. The van der Waals surface area contributed by atoms with Gasteiger partial charge in [0.15, 0.2) is 0 Å². The van der Waals surface area contributed by atoms with Crippen LogP contribution in [0.5, 0.6) is 0 Å². The van der Waals surface area contributed by atoms with Gasteiger partial charge in [0.25, 0.3) is 11.8 Å². The normalized spacial score (nSPS) is 16.9. The minimum Gasteiger partial charge on any atom is -0.385 e. The van der Waals surface area contributed by atoms with E-state index >= 15 is 0 Å². The number of rotatable bonds is 6. The first kappa shape index (κ1) is 25.7. The van der Waals surface area contributed by atoms with Crippen LogP contribution in [-0.2, 0) is 18.7 Å². The fraction of sp³-hybridized carbons (Fsp3) is 0.212. The smallest absolute Gasteiger partial charge is 0.261 e. The Kier molecular flexibility index (Phi) is 6.94. The number of benzene rings is 4. The molecule has 2 aliphatic rings. The number of halogens is 1. The first-order valence-corrected chi connectivity index (χ1v) is 14.0. The Hall–Kier alpha value is -3.58. The zero-order valence-corrected chi connectivity index (χ0v) is 23.1. The molecule has 0 atom stereocenters. The average molecular weight is 582 g/mol. The topological polar surface area (TPSA) is 60.9 Å². The summed E-state index contributed by atoms with van der Waals surface area (Å²) in [6.07, 6.45) is 1.44. The summed E-state index contributed by atoms with van der Waals surface area (Å²) in [4.78, 5) is 29.1. The Balaban J connectivity index is 1.05. The Morgan fingerprint density at radius 2 is 1.15 bits per heavy atom. The summed E-state index contributed by atoms with van der Waals surface area (Å²) in [6.45, 7) is 2.82. The van der Waals surface area contributed by atoms with Gasteiger partial charge in [-0.1, -0.05) is 88.7 Å². The molecule has 1 N–H and O–H groups in total. The van der Waals surface area contributed by atoms with Gasteiger partial charge in [0.2, 0.25) is 0 Å². The van der Waals surface area contributed by atoms with Crippen LogP contribution in [0, 0.1) is 0 Å².